The summed E-state index contributed by atoms with van der Waals surface area (Å²) < 4.78 is 6.71. The number of aliphatic hydroxyl groups is 1. The van der Waals surface area contributed by atoms with E-state index in [9.17, 15) is 14.7 Å². The number of carbonyl (C=O) groups excluding carboxylic acids is 1. The third kappa shape index (κ3) is 2.28. The maximum absolute atomic E-state index is 12.7. The summed E-state index contributed by atoms with van der Waals surface area (Å²) in [6.07, 6.45) is 0.612. The van der Waals surface area contributed by atoms with Gasteiger partial charge in [-0.05, 0) is 43.7 Å². The fourth-order valence-electron chi connectivity index (χ4n) is 3.14. The number of benzene rings is 1. The molecule has 1 aromatic heterocycles. The number of nitrogens with zero attached hydrogens (tertiary/aromatic N) is 1. The molecule has 1 heterocycles. The summed E-state index contributed by atoms with van der Waals surface area (Å²) in [5.41, 5.74) is -0.0894. The van der Waals surface area contributed by atoms with E-state index < -0.39 is 17.6 Å². The van der Waals surface area contributed by atoms with Crippen LogP contribution in [0.25, 0.3) is 0 Å². The van der Waals surface area contributed by atoms with Crippen LogP contribution >= 0.6 is 0 Å². The number of fused-ring (bicyclic) bond motifs is 1. The summed E-state index contributed by atoms with van der Waals surface area (Å²) in [5.74, 6) is 0.445. The maximum atomic E-state index is 12.7. The summed E-state index contributed by atoms with van der Waals surface area (Å²) in [6.45, 7) is 3.41. The van der Waals surface area contributed by atoms with Gasteiger partial charge in [-0.3, -0.25) is 9.59 Å². The molecule has 2 aromatic rings. The van der Waals surface area contributed by atoms with Gasteiger partial charge in [-0.1, -0.05) is 6.07 Å². The van der Waals surface area contributed by atoms with Gasteiger partial charge < -0.3 is 14.4 Å². The molecule has 1 aliphatic rings. The standard InChI is InChI=1S/C18H19NO4/c1-18(2)16(21)12-8-7-11(23-3)10-13(12)15(17(18)22)19-9-5-4-6-14(19)20/h4-10,15,17,22H,1-3H3/t15-,17+/m1/s1. The Morgan fingerprint density at radius 3 is 2.57 bits per heavy atom. The van der Waals surface area contributed by atoms with Gasteiger partial charge >= 0.3 is 0 Å². The average Bonchev–Trinajstić information content (AvgIpc) is 2.54. The van der Waals surface area contributed by atoms with Crippen molar-refractivity contribution in [2.45, 2.75) is 26.0 Å². The highest BCUT2D eigenvalue weighted by Gasteiger charge is 2.48. The van der Waals surface area contributed by atoms with Gasteiger partial charge in [0.2, 0.25) is 0 Å². The van der Waals surface area contributed by atoms with E-state index >= 15 is 0 Å². The Bertz CT molecular complexity index is 822. The van der Waals surface area contributed by atoms with Gasteiger partial charge in [-0.25, -0.2) is 0 Å². The van der Waals surface area contributed by atoms with E-state index in [0.717, 1.165) is 0 Å². The van der Waals surface area contributed by atoms with Crippen molar-refractivity contribution in [3.8, 4) is 5.75 Å². The zero-order chi connectivity index (χ0) is 16.8. The normalized spacial score (nSPS) is 22.5. The highest BCUT2D eigenvalue weighted by atomic mass is 16.5. The van der Waals surface area contributed by atoms with Gasteiger partial charge in [-0.15, -0.1) is 0 Å². The second kappa shape index (κ2) is 5.35. The van der Waals surface area contributed by atoms with Crippen LogP contribution in [0.15, 0.2) is 47.4 Å². The Balaban J connectivity index is 2.30. The first kappa shape index (κ1) is 15.5. The molecule has 0 saturated carbocycles. The van der Waals surface area contributed by atoms with Gasteiger partial charge in [0.25, 0.3) is 5.56 Å². The number of pyridine rings is 1. The second-order valence-corrected chi connectivity index (χ2v) is 6.34. The largest absolute Gasteiger partial charge is 0.497 e. The van der Waals surface area contributed by atoms with Crippen molar-refractivity contribution in [1.29, 1.82) is 0 Å². The molecular formula is C18H19NO4. The number of ether oxygens (including phenoxy) is 1. The molecule has 0 amide bonds. The fraction of sp³-hybridized carbons (Fsp3) is 0.333. The predicted molar refractivity (Wildman–Crippen MR) is 86.0 cm³/mol. The van der Waals surface area contributed by atoms with Gasteiger partial charge in [0, 0.05) is 17.8 Å². The predicted octanol–water partition coefficient (Wildman–Crippen LogP) is 2.03. The van der Waals surface area contributed by atoms with Crippen molar-refractivity contribution >= 4 is 5.78 Å². The first-order valence-electron chi connectivity index (χ1n) is 7.46. The first-order chi connectivity index (χ1) is 10.9. The lowest BCUT2D eigenvalue weighted by atomic mass is 9.68. The highest BCUT2D eigenvalue weighted by molar-refractivity contribution is 6.03. The number of carbonyl (C=O) groups is 1. The van der Waals surface area contributed by atoms with Crippen LogP contribution in [0, 0.1) is 5.41 Å². The molecule has 1 N–H and O–H groups in total. The topological polar surface area (TPSA) is 68.5 Å². The third-order valence-electron chi connectivity index (χ3n) is 4.60. The minimum atomic E-state index is -1.02. The zero-order valence-electron chi connectivity index (χ0n) is 13.3. The smallest absolute Gasteiger partial charge is 0.251 e. The van der Waals surface area contributed by atoms with E-state index in [1.807, 2.05) is 0 Å². The summed E-state index contributed by atoms with van der Waals surface area (Å²) in [4.78, 5) is 25.0. The maximum Gasteiger partial charge on any atom is 0.251 e. The lowest BCUT2D eigenvalue weighted by Gasteiger charge is -2.41. The van der Waals surface area contributed by atoms with Crippen LogP contribution in [-0.2, 0) is 0 Å². The fourth-order valence-corrected chi connectivity index (χ4v) is 3.14. The van der Waals surface area contributed by atoms with Crippen molar-refractivity contribution in [2.75, 3.05) is 7.11 Å². The summed E-state index contributed by atoms with van der Waals surface area (Å²) in [5, 5.41) is 10.8. The molecule has 0 fully saturated rings. The first-order valence-corrected chi connectivity index (χ1v) is 7.46. The van der Waals surface area contributed by atoms with Crippen LogP contribution in [0.5, 0.6) is 5.75 Å². The molecule has 5 nitrogen and oxygen atoms in total. The molecule has 1 aromatic carbocycles. The molecule has 0 saturated heterocycles. The van der Waals surface area contributed by atoms with E-state index in [0.29, 0.717) is 16.9 Å². The zero-order valence-corrected chi connectivity index (χ0v) is 13.3. The Hall–Kier alpha value is -2.40. The van der Waals surface area contributed by atoms with Gasteiger partial charge in [-0.2, -0.15) is 0 Å². The number of hydrogen-bond donors (Lipinski definition) is 1. The van der Waals surface area contributed by atoms with Crippen LogP contribution in [0.4, 0.5) is 0 Å². The lowest BCUT2D eigenvalue weighted by molar-refractivity contribution is 0.0133. The van der Waals surface area contributed by atoms with E-state index in [1.54, 1.807) is 50.4 Å². The highest BCUT2D eigenvalue weighted by Crippen LogP contribution is 2.43. The molecule has 1 aliphatic carbocycles. The minimum Gasteiger partial charge on any atom is -0.497 e. The molecule has 0 bridgehead atoms. The number of hydrogen-bond acceptors (Lipinski definition) is 4. The molecule has 0 unspecified atom stereocenters. The number of ketones is 1. The van der Waals surface area contributed by atoms with Crippen molar-refractivity contribution < 1.29 is 14.6 Å². The summed E-state index contributed by atoms with van der Waals surface area (Å²) in [7, 11) is 1.54. The Morgan fingerprint density at radius 1 is 1.17 bits per heavy atom. The minimum absolute atomic E-state index is 0.136. The summed E-state index contributed by atoms with van der Waals surface area (Å²) >= 11 is 0. The lowest BCUT2D eigenvalue weighted by Crippen LogP contribution is -2.49. The van der Waals surface area contributed by atoms with Gasteiger partial charge in [0.05, 0.1) is 24.7 Å². The number of aromatic nitrogens is 1. The number of rotatable bonds is 2. The van der Waals surface area contributed by atoms with Crippen molar-refractivity contribution in [3.05, 3.63) is 64.1 Å². The van der Waals surface area contributed by atoms with E-state index in [4.69, 9.17) is 4.74 Å². The Morgan fingerprint density at radius 2 is 1.91 bits per heavy atom. The van der Waals surface area contributed by atoms with Crippen LogP contribution < -0.4 is 10.3 Å². The number of Topliss-reactive ketones (excluding diaryl/α,β-unsaturated/α-hetero) is 1. The van der Waals surface area contributed by atoms with E-state index in [-0.39, 0.29) is 11.3 Å². The second-order valence-electron chi connectivity index (χ2n) is 6.34. The van der Waals surface area contributed by atoms with E-state index in [1.165, 1.54) is 17.7 Å². The van der Waals surface area contributed by atoms with Crippen LogP contribution in [0.3, 0.4) is 0 Å². The molecule has 120 valence electrons. The summed E-state index contributed by atoms with van der Waals surface area (Å²) in [6, 6.07) is 9.32. The monoisotopic (exact) mass is 313 g/mol. The Kier molecular flexibility index (Phi) is 3.60. The molecule has 23 heavy (non-hydrogen) atoms. The molecule has 3 rings (SSSR count). The number of aliphatic hydroxyl groups excluding tert-OH is 1. The molecule has 0 radical (unpaired) electrons. The van der Waals surface area contributed by atoms with Crippen molar-refractivity contribution in [1.82, 2.24) is 4.57 Å². The van der Waals surface area contributed by atoms with Crippen LogP contribution in [0.2, 0.25) is 0 Å². The van der Waals surface area contributed by atoms with Crippen LogP contribution in [-0.4, -0.2) is 28.7 Å². The quantitative estimate of drug-likeness (QED) is 0.921. The number of methoxy groups -OCH3 is 1. The van der Waals surface area contributed by atoms with Gasteiger partial charge in [0.1, 0.15) is 5.75 Å². The Labute approximate surface area is 134 Å². The average molecular weight is 313 g/mol. The van der Waals surface area contributed by atoms with Crippen molar-refractivity contribution in [3.63, 3.8) is 0 Å². The molecule has 2 atom stereocenters. The van der Waals surface area contributed by atoms with E-state index in [2.05, 4.69) is 0 Å². The van der Waals surface area contributed by atoms with Crippen molar-refractivity contribution in [2.24, 2.45) is 5.41 Å². The van der Waals surface area contributed by atoms with Crippen LogP contribution in [0.1, 0.15) is 35.8 Å². The third-order valence-corrected chi connectivity index (χ3v) is 4.60. The molecular weight excluding hydrogens is 294 g/mol. The SMILES string of the molecule is COc1ccc2c(c1)[C@@H](n1ccccc1=O)[C@H](O)C(C)(C)C2=O. The van der Waals surface area contributed by atoms with Gasteiger partial charge in [0.15, 0.2) is 5.78 Å². The molecule has 5 heteroatoms. The molecule has 0 spiro atoms. The molecule has 0 aliphatic heterocycles.